The lowest BCUT2D eigenvalue weighted by Crippen LogP contribution is -2.15. The van der Waals surface area contributed by atoms with Gasteiger partial charge in [-0.25, -0.2) is 14.4 Å². The maximum atomic E-state index is 14.5. The van der Waals surface area contributed by atoms with Crippen molar-refractivity contribution in [1.82, 2.24) is 9.55 Å². The number of ether oxygens (including phenoxy) is 1. The van der Waals surface area contributed by atoms with E-state index >= 15 is 0 Å². The van der Waals surface area contributed by atoms with Gasteiger partial charge in [-0.05, 0) is 36.8 Å². The van der Waals surface area contributed by atoms with E-state index in [1.165, 1.54) is 13.2 Å². The Labute approximate surface area is 190 Å². The number of hydrogen-bond donors (Lipinski definition) is 1. The van der Waals surface area contributed by atoms with Gasteiger partial charge in [-0.2, -0.15) is 0 Å². The van der Waals surface area contributed by atoms with E-state index in [4.69, 9.17) is 9.73 Å². The van der Waals surface area contributed by atoms with Crippen molar-refractivity contribution in [2.75, 3.05) is 12.4 Å². The minimum absolute atomic E-state index is 0.110. The minimum Gasteiger partial charge on any atom is -0.496 e. The third kappa shape index (κ3) is 3.89. The third-order valence-corrected chi connectivity index (χ3v) is 5.62. The zero-order chi connectivity index (χ0) is 22.9. The molecular formula is C26H21FN4O2. The molecule has 3 aromatic carbocycles. The Morgan fingerprint density at radius 3 is 2.67 bits per heavy atom. The first-order chi connectivity index (χ1) is 16.0. The van der Waals surface area contributed by atoms with Crippen LogP contribution in [0.25, 0.3) is 16.8 Å². The summed E-state index contributed by atoms with van der Waals surface area (Å²) in [5.41, 5.74) is 4.40. The van der Waals surface area contributed by atoms with Crippen LogP contribution in [0.3, 0.4) is 0 Å². The lowest BCUT2D eigenvalue weighted by molar-refractivity contribution is -0.115. The van der Waals surface area contributed by atoms with Gasteiger partial charge in [0.05, 0.1) is 30.6 Å². The number of nitrogens with one attached hydrogen (secondary N) is 1. The van der Waals surface area contributed by atoms with E-state index in [2.05, 4.69) is 10.3 Å². The molecule has 5 rings (SSSR count). The van der Waals surface area contributed by atoms with Gasteiger partial charge in [-0.1, -0.05) is 30.3 Å². The second-order valence-electron chi connectivity index (χ2n) is 7.73. The van der Waals surface area contributed by atoms with Crippen LogP contribution in [0.4, 0.5) is 15.8 Å². The van der Waals surface area contributed by atoms with Gasteiger partial charge in [0.15, 0.2) is 0 Å². The van der Waals surface area contributed by atoms with Gasteiger partial charge in [0.2, 0.25) is 5.91 Å². The number of nitrogens with zero attached hydrogens (tertiary/aromatic N) is 3. The van der Waals surface area contributed by atoms with Crippen molar-refractivity contribution in [2.24, 2.45) is 4.99 Å². The summed E-state index contributed by atoms with van der Waals surface area (Å²) in [4.78, 5) is 21.8. The molecule has 1 aliphatic rings. The molecule has 0 radical (unpaired) electrons. The van der Waals surface area contributed by atoms with Gasteiger partial charge in [0, 0.05) is 35.3 Å². The highest BCUT2D eigenvalue weighted by atomic mass is 19.1. The number of imidazole rings is 1. The number of aliphatic imine (C=N–C) groups is 1. The number of aromatic nitrogens is 2. The molecule has 0 aliphatic carbocycles. The zero-order valence-corrected chi connectivity index (χ0v) is 18.2. The Morgan fingerprint density at radius 1 is 1.06 bits per heavy atom. The predicted octanol–water partition coefficient (Wildman–Crippen LogP) is 5.46. The summed E-state index contributed by atoms with van der Waals surface area (Å²) >= 11 is 0. The smallest absolute Gasteiger partial charge is 0.230 e. The standard InChI is InChI=1S/C26H21FN4O2/c1-16-28-10-11-31(16)18-7-5-6-17(12-18)22-15-26(32)30-23-13-20(19-8-3-4-9-21(19)27)25(33-2)14-24(23)29-22/h3-14H,15H2,1-2H3,(H,30,32). The SMILES string of the molecule is COc1cc2c(cc1-c1ccccc1F)NC(=O)CC(c1cccc(-n3ccnc3C)c1)=N2. The Hall–Kier alpha value is -4.26. The van der Waals surface area contributed by atoms with E-state index in [1.54, 1.807) is 36.5 Å². The second kappa shape index (κ2) is 8.35. The summed E-state index contributed by atoms with van der Waals surface area (Å²) < 4.78 is 22.0. The van der Waals surface area contributed by atoms with E-state index in [0.717, 1.165) is 17.1 Å². The van der Waals surface area contributed by atoms with Gasteiger partial charge in [0.1, 0.15) is 17.4 Å². The van der Waals surface area contributed by atoms with Crippen LogP contribution in [0, 0.1) is 12.7 Å². The van der Waals surface area contributed by atoms with Gasteiger partial charge in [-0.3, -0.25) is 4.79 Å². The van der Waals surface area contributed by atoms with Crippen LogP contribution in [0.1, 0.15) is 17.8 Å². The highest BCUT2D eigenvalue weighted by Gasteiger charge is 2.21. The maximum Gasteiger partial charge on any atom is 0.230 e. The lowest BCUT2D eigenvalue weighted by atomic mass is 10.0. The number of aryl methyl sites for hydroxylation is 1. The molecule has 0 saturated heterocycles. The van der Waals surface area contributed by atoms with Gasteiger partial charge in [0.25, 0.3) is 0 Å². The normalized spacial score (nSPS) is 13.1. The van der Waals surface area contributed by atoms with Gasteiger partial charge in [-0.15, -0.1) is 0 Å². The molecule has 164 valence electrons. The highest BCUT2D eigenvalue weighted by Crippen LogP contribution is 2.41. The van der Waals surface area contributed by atoms with Crippen LogP contribution in [0.5, 0.6) is 5.75 Å². The fourth-order valence-electron chi connectivity index (χ4n) is 4.00. The number of carbonyl (C=O) groups is 1. The van der Waals surface area contributed by atoms with E-state index in [0.29, 0.717) is 34.0 Å². The number of rotatable bonds is 4. The number of methoxy groups -OCH3 is 1. The molecule has 2 heterocycles. The van der Waals surface area contributed by atoms with Crippen molar-refractivity contribution in [3.8, 4) is 22.6 Å². The summed E-state index contributed by atoms with van der Waals surface area (Å²) in [6, 6.07) is 17.7. The molecule has 0 fully saturated rings. The van der Waals surface area contributed by atoms with Crippen molar-refractivity contribution < 1.29 is 13.9 Å². The Balaban J connectivity index is 1.62. The van der Waals surface area contributed by atoms with Crippen LogP contribution >= 0.6 is 0 Å². The van der Waals surface area contributed by atoms with Crippen LogP contribution in [-0.2, 0) is 4.79 Å². The molecular weight excluding hydrogens is 419 g/mol. The first kappa shape index (κ1) is 20.6. The summed E-state index contributed by atoms with van der Waals surface area (Å²) in [7, 11) is 1.53. The lowest BCUT2D eigenvalue weighted by Gasteiger charge is -2.14. The van der Waals surface area contributed by atoms with E-state index in [-0.39, 0.29) is 18.1 Å². The third-order valence-electron chi connectivity index (χ3n) is 5.62. The second-order valence-corrected chi connectivity index (χ2v) is 7.73. The monoisotopic (exact) mass is 440 g/mol. The number of hydrogen-bond acceptors (Lipinski definition) is 4. The Morgan fingerprint density at radius 2 is 1.91 bits per heavy atom. The first-order valence-corrected chi connectivity index (χ1v) is 10.5. The van der Waals surface area contributed by atoms with Gasteiger partial charge >= 0.3 is 0 Å². The molecule has 1 amide bonds. The molecule has 0 spiro atoms. The topological polar surface area (TPSA) is 68.5 Å². The average molecular weight is 440 g/mol. The van der Waals surface area contributed by atoms with Crippen LogP contribution in [0.2, 0.25) is 0 Å². The summed E-state index contributed by atoms with van der Waals surface area (Å²) in [5.74, 6) is 0.775. The number of anilines is 1. The van der Waals surface area contributed by atoms with Crippen molar-refractivity contribution in [3.63, 3.8) is 0 Å². The molecule has 0 atom stereocenters. The molecule has 1 N–H and O–H groups in total. The highest BCUT2D eigenvalue weighted by molar-refractivity contribution is 6.17. The average Bonchev–Trinajstić information content (AvgIpc) is 3.18. The molecule has 33 heavy (non-hydrogen) atoms. The quantitative estimate of drug-likeness (QED) is 0.458. The minimum atomic E-state index is -0.369. The number of benzene rings is 3. The number of amides is 1. The summed E-state index contributed by atoms with van der Waals surface area (Å²) in [6.45, 7) is 1.93. The fraction of sp³-hybridized carbons (Fsp3) is 0.115. The molecule has 7 heteroatoms. The summed E-state index contributed by atoms with van der Waals surface area (Å²) in [5, 5.41) is 2.91. The van der Waals surface area contributed by atoms with Crippen molar-refractivity contribution >= 4 is 23.0 Å². The Bertz CT molecular complexity index is 1410. The van der Waals surface area contributed by atoms with Crippen molar-refractivity contribution in [2.45, 2.75) is 13.3 Å². The number of halogens is 1. The number of carbonyl (C=O) groups excluding carboxylic acids is 1. The van der Waals surface area contributed by atoms with Crippen molar-refractivity contribution in [3.05, 3.63) is 90.3 Å². The molecule has 1 aromatic heterocycles. The maximum absolute atomic E-state index is 14.5. The van der Waals surface area contributed by atoms with Crippen LogP contribution in [-0.4, -0.2) is 28.3 Å². The fourth-order valence-corrected chi connectivity index (χ4v) is 4.00. The Kier molecular flexibility index (Phi) is 5.22. The first-order valence-electron chi connectivity index (χ1n) is 10.5. The van der Waals surface area contributed by atoms with Crippen LogP contribution < -0.4 is 10.1 Å². The zero-order valence-electron chi connectivity index (χ0n) is 18.2. The molecule has 6 nitrogen and oxygen atoms in total. The van der Waals surface area contributed by atoms with Crippen LogP contribution in [0.15, 0.2) is 78.0 Å². The molecule has 0 saturated carbocycles. The molecule has 0 unspecified atom stereocenters. The van der Waals surface area contributed by atoms with E-state index in [1.807, 2.05) is 42.0 Å². The largest absolute Gasteiger partial charge is 0.496 e. The van der Waals surface area contributed by atoms with Gasteiger partial charge < -0.3 is 14.6 Å². The number of fused-ring (bicyclic) bond motifs is 1. The van der Waals surface area contributed by atoms with E-state index < -0.39 is 0 Å². The predicted molar refractivity (Wildman–Crippen MR) is 126 cm³/mol. The summed E-state index contributed by atoms with van der Waals surface area (Å²) in [6.07, 6.45) is 3.74. The molecule has 0 bridgehead atoms. The molecule has 1 aliphatic heterocycles. The van der Waals surface area contributed by atoms with E-state index in [9.17, 15) is 9.18 Å². The molecule has 4 aromatic rings. The van der Waals surface area contributed by atoms with Crippen molar-refractivity contribution in [1.29, 1.82) is 0 Å².